The fourth-order valence-corrected chi connectivity index (χ4v) is 15.8. The number of aromatic nitrogens is 2. The first-order chi connectivity index (χ1) is 35.9. The smallest absolute Gasteiger partial charge is 0.193 e. The van der Waals surface area contributed by atoms with Crippen molar-refractivity contribution < 1.29 is 23.7 Å². The van der Waals surface area contributed by atoms with Gasteiger partial charge in [0, 0.05) is 32.7 Å². The maximum atomic E-state index is 14.1. The molecule has 2 aromatic heterocycles. The summed E-state index contributed by atoms with van der Waals surface area (Å²) in [4.78, 5) is 14.1. The molecule has 8 heteroatoms. The molecule has 73 heavy (non-hydrogen) atoms. The molecule has 12 rings (SSSR count). The van der Waals surface area contributed by atoms with E-state index in [1.807, 2.05) is 78.9 Å². The minimum atomic E-state index is -3.22. The number of rotatable bonds is 13. The molecule has 7 nitrogen and oxygen atoms in total. The highest BCUT2D eigenvalue weighted by atomic mass is 28.3. The Hall–Kier alpha value is -9.11. The molecular weight excluding hydrogens is 917 g/mol. The van der Waals surface area contributed by atoms with Crippen molar-refractivity contribution >= 4 is 78.2 Å². The predicted octanol–water partition coefficient (Wildman–Crippen LogP) is 12.2. The molecule has 0 bridgehead atoms. The van der Waals surface area contributed by atoms with Gasteiger partial charge in [0.05, 0.1) is 61.9 Å². The minimum absolute atomic E-state index is 0.00587. The number of ether oxygens (including phenoxy) is 4. The first-order valence-corrected chi connectivity index (χ1v) is 26.3. The number of benzene rings is 10. The molecule has 0 aliphatic heterocycles. The third-order valence-electron chi connectivity index (χ3n) is 14.5. The summed E-state index contributed by atoms with van der Waals surface area (Å²) in [5, 5.41) is 9.04. The average Bonchev–Trinajstić information content (AvgIpc) is 3.96. The zero-order valence-electron chi connectivity index (χ0n) is 40.9. The van der Waals surface area contributed by atoms with Gasteiger partial charge in [-0.3, -0.25) is 4.79 Å². The Kier molecular flexibility index (Phi) is 11.5. The molecule has 0 aliphatic rings. The van der Waals surface area contributed by atoms with Crippen LogP contribution in [0.3, 0.4) is 0 Å². The van der Waals surface area contributed by atoms with Crippen molar-refractivity contribution in [3.05, 3.63) is 242 Å². The summed E-state index contributed by atoms with van der Waals surface area (Å²) in [6.07, 6.45) is 0. The normalized spacial score (nSPS) is 11.6. The first kappa shape index (κ1) is 45.1. The van der Waals surface area contributed by atoms with Crippen LogP contribution in [0.1, 0.15) is 15.9 Å². The van der Waals surface area contributed by atoms with Gasteiger partial charge >= 0.3 is 0 Å². The standard InChI is InChI=1S/C65H50N2O5Si/c1-69-45-26-33-59-55(38-45)56-39-46(70-2)27-34-60(56)66(59)63-37-32-52(42-64(63)67-61-35-28-47(71-3)40-57(61)58-41-48(72-4)29-36-62(58)67)73(49-18-10-6-11-19-49,50-20-12-7-13-21-50)51-30-24-43(25-31-51)53-22-14-15-23-54(53)65(68)44-16-8-5-9-17-44/h5-42H,1-4H3. The zero-order chi connectivity index (χ0) is 49.6. The molecular formula is C65H50N2O5Si. The molecule has 0 fully saturated rings. The number of carbonyl (C=O) groups is 1. The van der Waals surface area contributed by atoms with Gasteiger partial charge in [-0.1, -0.05) is 146 Å². The lowest BCUT2D eigenvalue weighted by Gasteiger charge is -2.35. The number of carbonyl (C=O) groups excluding carboxylic acids is 1. The van der Waals surface area contributed by atoms with Gasteiger partial charge in [0.1, 0.15) is 23.0 Å². The third-order valence-corrected chi connectivity index (χ3v) is 19.3. The summed E-state index contributed by atoms with van der Waals surface area (Å²) in [5.41, 5.74) is 9.26. The molecule has 0 radical (unpaired) electrons. The lowest BCUT2D eigenvalue weighted by atomic mass is 9.94. The SMILES string of the molecule is COc1ccc2c(c1)c1cc(OC)ccc1n2-c1ccc([Si](c2ccccc2)(c2ccccc2)c2ccc(-c3ccccc3C(=O)c3ccccc3)cc2)cc1-n1c2ccc(OC)cc2c2cc(OC)ccc21. The minimum Gasteiger partial charge on any atom is -0.497 e. The van der Waals surface area contributed by atoms with Gasteiger partial charge in [-0.05, 0) is 117 Å². The molecule has 0 N–H and O–H groups in total. The Morgan fingerprint density at radius 2 is 0.740 bits per heavy atom. The van der Waals surface area contributed by atoms with E-state index in [0.29, 0.717) is 11.1 Å². The van der Waals surface area contributed by atoms with Crippen molar-refractivity contribution in [2.75, 3.05) is 28.4 Å². The highest BCUT2D eigenvalue weighted by molar-refractivity contribution is 7.20. The highest BCUT2D eigenvalue weighted by Crippen LogP contribution is 2.41. The van der Waals surface area contributed by atoms with Crippen LogP contribution in [0.4, 0.5) is 0 Å². The average molecular weight is 967 g/mol. The summed E-state index contributed by atoms with van der Waals surface area (Å²) in [5.74, 6) is 3.07. The summed E-state index contributed by atoms with van der Waals surface area (Å²) in [6, 6.07) is 80.8. The van der Waals surface area contributed by atoms with Gasteiger partial charge in [-0.2, -0.15) is 0 Å². The van der Waals surface area contributed by atoms with Crippen molar-refractivity contribution in [2.24, 2.45) is 0 Å². The second kappa shape index (κ2) is 18.6. The van der Waals surface area contributed by atoms with Crippen LogP contribution in [0.5, 0.6) is 23.0 Å². The van der Waals surface area contributed by atoms with Crippen LogP contribution in [0, 0.1) is 0 Å². The van der Waals surface area contributed by atoms with E-state index in [-0.39, 0.29) is 5.78 Å². The summed E-state index contributed by atoms with van der Waals surface area (Å²) >= 11 is 0. The number of methoxy groups -OCH3 is 4. The van der Waals surface area contributed by atoms with Crippen molar-refractivity contribution in [1.29, 1.82) is 0 Å². The van der Waals surface area contributed by atoms with Crippen LogP contribution in [-0.2, 0) is 0 Å². The van der Waals surface area contributed by atoms with Gasteiger partial charge in [0.2, 0.25) is 0 Å². The molecule has 0 amide bonds. The fraction of sp³-hybridized carbons (Fsp3) is 0.0615. The van der Waals surface area contributed by atoms with E-state index in [4.69, 9.17) is 18.9 Å². The topological polar surface area (TPSA) is 63.9 Å². The molecule has 354 valence electrons. The molecule has 2 heterocycles. The van der Waals surface area contributed by atoms with E-state index < -0.39 is 8.07 Å². The van der Waals surface area contributed by atoms with Crippen LogP contribution >= 0.6 is 0 Å². The largest absolute Gasteiger partial charge is 0.497 e. The Bertz CT molecular complexity index is 3870. The van der Waals surface area contributed by atoms with Gasteiger partial charge in [-0.25, -0.2) is 0 Å². The number of hydrogen-bond donors (Lipinski definition) is 0. The summed E-state index contributed by atoms with van der Waals surface area (Å²) < 4.78 is 28.2. The van der Waals surface area contributed by atoms with E-state index in [1.54, 1.807) is 28.4 Å². The number of fused-ring (bicyclic) bond motifs is 6. The second-order valence-corrected chi connectivity index (χ2v) is 22.0. The molecule has 0 saturated heterocycles. The monoisotopic (exact) mass is 966 g/mol. The van der Waals surface area contributed by atoms with E-state index in [9.17, 15) is 4.79 Å². The van der Waals surface area contributed by atoms with Gasteiger partial charge < -0.3 is 28.1 Å². The summed E-state index contributed by atoms with van der Waals surface area (Å²) in [6.45, 7) is 0. The third kappa shape index (κ3) is 7.45. The highest BCUT2D eigenvalue weighted by Gasteiger charge is 2.42. The van der Waals surface area contributed by atoms with E-state index in [0.717, 1.165) is 89.1 Å². The zero-order valence-corrected chi connectivity index (χ0v) is 41.9. The molecule has 0 unspecified atom stereocenters. The number of ketones is 1. The van der Waals surface area contributed by atoms with Crippen LogP contribution < -0.4 is 39.7 Å². The van der Waals surface area contributed by atoms with E-state index >= 15 is 0 Å². The fourth-order valence-electron chi connectivity index (χ4n) is 11.1. The Balaban J connectivity index is 1.18. The van der Waals surface area contributed by atoms with Crippen LogP contribution in [-0.4, -0.2) is 51.4 Å². The summed E-state index contributed by atoms with van der Waals surface area (Å²) in [7, 11) is 3.61. The predicted molar refractivity (Wildman–Crippen MR) is 300 cm³/mol. The Morgan fingerprint density at radius 3 is 1.19 bits per heavy atom. The number of hydrogen-bond acceptors (Lipinski definition) is 5. The van der Waals surface area contributed by atoms with E-state index in [2.05, 4.69) is 161 Å². The molecule has 0 spiro atoms. The Morgan fingerprint density at radius 1 is 0.356 bits per heavy atom. The maximum Gasteiger partial charge on any atom is 0.193 e. The van der Waals surface area contributed by atoms with Gasteiger partial charge in [0.15, 0.2) is 13.9 Å². The molecule has 10 aromatic carbocycles. The van der Waals surface area contributed by atoms with Crippen molar-refractivity contribution in [3.63, 3.8) is 0 Å². The van der Waals surface area contributed by atoms with Crippen LogP contribution in [0.25, 0.3) is 66.1 Å². The lowest BCUT2D eigenvalue weighted by molar-refractivity contribution is 0.103. The van der Waals surface area contributed by atoms with E-state index in [1.165, 1.54) is 20.7 Å². The molecule has 0 atom stereocenters. The van der Waals surface area contributed by atoms with Gasteiger partial charge in [0.25, 0.3) is 0 Å². The molecule has 0 aliphatic carbocycles. The van der Waals surface area contributed by atoms with Crippen LogP contribution in [0.15, 0.2) is 231 Å². The molecule has 0 saturated carbocycles. The van der Waals surface area contributed by atoms with Crippen molar-refractivity contribution in [2.45, 2.75) is 0 Å². The maximum absolute atomic E-state index is 14.1. The Labute approximate surface area is 424 Å². The number of nitrogens with zero attached hydrogens (tertiary/aromatic N) is 2. The van der Waals surface area contributed by atoms with Crippen molar-refractivity contribution in [1.82, 2.24) is 9.13 Å². The van der Waals surface area contributed by atoms with Crippen LogP contribution in [0.2, 0.25) is 0 Å². The first-order valence-electron chi connectivity index (χ1n) is 24.3. The molecule has 12 aromatic rings. The quantitative estimate of drug-likeness (QED) is 0.0654. The van der Waals surface area contributed by atoms with Gasteiger partial charge in [-0.15, -0.1) is 0 Å². The van der Waals surface area contributed by atoms with Crippen molar-refractivity contribution in [3.8, 4) is 45.5 Å². The lowest BCUT2D eigenvalue weighted by Crippen LogP contribution is -2.74. The second-order valence-electron chi connectivity index (χ2n) is 18.2.